The maximum atomic E-state index is 14.7. The number of hydrogen-bond acceptors (Lipinski definition) is 5. The molecule has 5 unspecified atom stereocenters. The number of hydrogen-bond donors (Lipinski definition) is 3. The standard InChI is InChI=1S/C22H27F4NO6/c1-4-22(20(31)32)16(10-33-11(2)28)27-15(9-23)21(3,19(29)30)18(22)12-6-5-7-14(24)13(12)8-17(25)26/h5-7,15-18,27H,4,8-10H2,1-3H3,(H,29,30)(H,31,32). The van der Waals surface area contributed by atoms with E-state index in [0.717, 1.165) is 26.0 Å². The van der Waals surface area contributed by atoms with Crippen molar-refractivity contribution in [2.24, 2.45) is 10.8 Å². The lowest BCUT2D eigenvalue weighted by molar-refractivity contribution is -0.177. The molecule has 1 aromatic rings. The van der Waals surface area contributed by atoms with Gasteiger partial charge < -0.3 is 20.3 Å². The number of carboxylic acids is 2. The lowest BCUT2D eigenvalue weighted by Crippen LogP contribution is -2.71. The third kappa shape index (κ3) is 4.55. The van der Waals surface area contributed by atoms with Gasteiger partial charge in [0.2, 0.25) is 6.43 Å². The third-order valence-electron chi connectivity index (χ3n) is 6.74. The number of ether oxygens (including phenoxy) is 1. The van der Waals surface area contributed by atoms with Gasteiger partial charge in [0, 0.05) is 19.3 Å². The Hall–Kier alpha value is -2.69. The molecule has 1 aromatic carbocycles. The maximum Gasteiger partial charge on any atom is 0.312 e. The lowest BCUT2D eigenvalue weighted by Gasteiger charge is -2.56. The molecule has 11 heteroatoms. The first-order valence-electron chi connectivity index (χ1n) is 10.3. The number of halogens is 4. The SMILES string of the molecule is CCC1(C(=O)O)C(COC(C)=O)NC(CF)C(C)(C(=O)O)C1c1cccc(F)c1CC(F)F. The van der Waals surface area contributed by atoms with E-state index in [9.17, 15) is 42.2 Å². The van der Waals surface area contributed by atoms with Crippen LogP contribution in [0.1, 0.15) is 44.2 Å². The van der Waals surface area contributed by atoms with E-state index in [2.05, 4.69) is 5.32 Å². The van der Waals surface area contributed by atoms with Gasteiger partial charge in [0.1, 0.15) is 19.1 Å². The molecule has 1 aliphatic heterocycles. The number of carboxylic acid groups (broad SMARTS) is 2. The lowest BCUT2D eigenvalue weighted by atomic mass is 9.50. The van der Waals surface area contributed by atoms with Crippen molar-refractivity contribution >= 4 is 17.9 Å². The second kappa shape index (κ2) is 10.1. The van der Waals surface area contributed by atoms with Gasteiger partial charge in [0.25, 0.3) is 0 Å². The highest BCUT2D eigenvalue weighted by atomic mass is 19.3. The maximum absolute atomic E-state index is 14.7. The van der Waals surface area contributed by atoms with Crippen LogP contribution in [0.3, 0.4) is 0 Å². The van der Waals surface area contributed by atoms with Crippen LogP contribution < -0.4 is 5.32 Å². The van der Waals surface area contributed by atoms with Crippen LogP contribution in [0.2, 0.25) is 0 Å². The molecule has 1 saturated heterocycles. The number of rotatable bonds is 9. The second-order valence-corrected chi connectivity index (χ2v) is 8.35. The fourth-order valence-corrected chi connectivity index (χ4v) is 5.07. The van der Waals surface area contributed by atoms with Gasteiger partial charge in [-0.1, -0.05) is 19.1 Å². The molecular formula is C22H27F4NO6. The molecule has 0 radical (unpaired) electrons. The summed E-state index contributed by atoms with van der Waals surface area (Å²) in [6.07, 6.45) is -4.35. The molecule has 0 amide bonds. The summed E-state index contributed by atoms with van der Waals surface area (Å²) in [4.78, 5) is 36.7. The monoisotopic (exact) mass is 477 g/mol. The van der Waals surface area contributed by atoms with Crippen LogP contribution in [0, 0.1) is 16.6 Å². The zero-order valence-electron chi connectivity index (χ0n) is 18.4. The van der Waals surface area contributed by atoms with E-state index in [1.807, 2.05) is 0 Å². The Kier molecular flexibility index (Phi) is 8.10. The molecule has 7 nitrogen and oxygen atoms in total. The first-order chi connectivity index (χ1) is 15.4. The molecule has 184 valence electrons. The van der Waals surface area contributed by atoms with Crippen LogP contribution >= 0.6 is 0 Å². The first-order valence-corrected chi connectivity index (χ1v) is 10.3. The van der Waals surface area contributed by atoms with Crippen molar-refractivity contribution in [2.75, 3.05) is 13.3 Å². The Balaban J connectivity index is 2.94. The van der Waals surface area contributed by atoms with Gasteiger partial charge in [-0.3, -0.25) is 14.4 Å². The first kappa shape index (κ1) is 26.6. The van der Waals surface area contributed by atoms with E-state index in [0.29, 0.717) is 0 Å². The molecular weight excluding hydrogens is 450 g/mol. The molecule has 0 saturated carbocycles. The minimum atomic E-state index is -3.01. The van der Waals surface area contributed by atoms with E-state index in [1.165, 1.54) is 13.0 Å². The van der Waals surface area contributed by atoms with Gasteiger partial charge in [0.15, 0.2) is 0 Å². The molecule has 1 fully saturated rings. The van der Waals surface area contributed by atoms with Crippen LogP contribution in [0.15, 0.2) is 18.2 Å². The van der Waals surface area contributed by atoms with Gasteiger partial charge >= 0.3 is 17.9 Å². The van der Waals surface area contributed by atoms with Crippen LogP contribution in [-0.2, 0) is 25.5 Å². The molecule has 2 rings (SSSR count). The molecule has 3 N–H and O–H groups in total. The minimum absolute atomic E-state index is 0.252. The summed E-state index contributed by atoms with van der Waals surface area (Å²) < 4.78 is 60.5. The zero-order valence-corrected chi connectivity index (χ0v) is 18.4. The van der Waals surface area contributed by atoms with Crippen molar-refractivity contribution in [3.8, 4) is 0 Å². The topological polar surface area (TPSA) is 113 Å². The van der Waals surface area contributed by atoms with E-state index < -0.39 is 84.2 Å². The number of piperidine rings is 1. The highest BCUT2D eigenvalue weighted by molar-refractivity contribution is 5.84. The van der Waals surface area contributed by atoms with Crippen molar-refractivity contribution in [3.05, 3.63) is 35.1 Å². The zero-order chi connectivity index (χ0) is 25.1. The van der Waals surface area contributed by atoms with Crippen molar-refractivity contribution in [1.82, 2.24) is 5.32 Å². The number of carbonyl (C=O) groups excluding carboxylic acids is 1. The van der Waals surface area contributed by atoms with E-state index in [-0.39, 0.29) is 12.0 Å². The van der Waals surface area contributed by atoms with E-state index in [1.54, 1.807) is 0 Å². The Morgan fingerprint density at radius 3 is 2.27 bits per heavy atom. The molecule has 0 aliphatic carbocycles. The molecule has 5 atom stereocenters. The number of nitrogens with one attached hydrogen (secondary N) is 1. The molecule has 0 spiro atoms. The average Bonchev–Trinajstić information content (AvgIpc) is 2.73. The number of carbonyl (C=O) groups is 3. The summed E-state index contributed by atoms with van der Waals surface area (Å²) >= 11 is 0. The van der Waals surface area contributed by atoms with Crippen LogP contribution in [-0.4, -0.2) is 59.9 Å². The van der Waals surface area contributed by atoms with Crippen molar-refractivity contribution in [1.29, 1.82) is 0 Å². The Morgan fingerprint density at radius 1 is 1.18 bits per heavy atom. The number of benzene rings is 1. The van der Waals surface area contributed by atoms with Crippen molar-refractivity contribution in [2.45, 2.75) is 58.0 Å². The average molecular weight is 477 g/mol. The Labute approximate surface area is 188 Å². The number of esters is 1. The summed E-state index contributed by atoms with van der Waals surface area (Å²) in [5.41, 5.74) is -5.04. The summed E-state index contributed by atoms with van der Waals surface area (Å²) in [6.45, 7) is 1.83. The highest BCUT2D eigenvalue weighted by Crippen LogP contribution is 2.58. The Bertz CT molecular complexity index is 913. The van der Waals surface area contributed by atoms with Crippen LogP contribution in [0.4, 0.5) is 17.6 Å². The van der Waals surface area contributed by atoms with Gasteiger partial charge in [-0.2, -0.15) is 0 Å². The van der Waals surface area contributed by atoms with Crippen LogP contribution in [0.5, 0.6) is 0 Å². The number of alkyl halides is 3. The highest BCUT2D eigenvalue weighted by Gasteiger charge is 2.67. The normalized spacial score (nSPS) is 29.6. The van der Waals surface area contributed by atoms with E-state index >= 15 is 0 Å². The summed E-state index contributed by atoms with van der Waals surface area (Å²) in [5.74, 6) is -6.55. The minimum Gasteiger partial charge on any atom is -0.481 e. The largest absolute Gasteiger partial charge is 0.481 e. The van der Waals surface area contributed by atoms with Gasteiger partial charge in [-0.25, -0.2) is 17.6 Å². The molecule has 1 heterocycles. The third-order valence-corrected chi connectivity index (χ3v) is 6.74. The molecule has 1 aliphatic rings. The number of aliphatic carboxylic acids is 2. The molecule has 0 aromatic heterocycles. The molecule has 33 heavy (non-hydrogen) atoms. The quantitative estimate of drug-likeness (QED) is 0.370. The predicted octanol–water partition coefficient (Wildman–Crippen LogP) is 3.16. The summed E-state index contributed by atoms with van der Waals surface area (Å²) in [6, 6.07) is 0.505. The Morgan fingerprint density at radius 2 is 1.82 bits per heavy atom. The second-order valence-electron chi connectivity index (χ2n) is 8.35. The predicted molar refractivity (Wildman–Crippen MR) is 108 cm³/mol. The van der Waals surface area contributed by atoms with Gasteiger partial charge in [-0.05, 0) is 30.5 Å². The van der Waals surface area contributed by atoms with Gasteiger partial charge in [-0.15, -0.1) is 0 Å². The van der Waals surface area contributed by atoms with Gasteiger partial charge in [0.05, 0.1) is 22.9 Å². The fourth-order valence-electron chi connectivity index (χ4n) is 5.07. The smallest absolute Gasteiger partial charge is 0.312 e. The van der Waals surface area contributed by atoms with Crippen LogP contribution in [0.25, 0.3) is 0 Å². The molecule has 0 bridgehead atoms. The van der Waals surface area contributed by atoms with Crippen molar-refractivity contribution in [3.63, 3.8) is 0 Å². The summed E-state index contributed by atoms with van der Waals surface area (Å²) in [5, 5.41) is 23.2. The fraction of sp³-hybridized carbons (Fsp3) is 0.591. The van der Waals surface area contributed by atoms with E-state index in [4.69, 9.17) is 4.74 Å². The van der Waals surface area contributed by atoms with Crippen molar-refractivity contribution < 1.29 is 46.9 Å². The summed E-state index contributed by atoms with van der Waals surface area (Å²) in [7, 11) is 0.